The molecule has 0 fully saturated rings. The summed E-state index contributed by atoms with van der Waals surface area (Å²) in [6.45, 7) is 7.89. The number of aryl methyl sites for hydroxylation is 1. The van der Waals surface area contributed by atoms with Crippen LogP contribution in [-0.4, -0.2) is 28.9 Å². The van der Waals surface area contributed by atoms with Crippen molar-refractivity contribution >= 4 is 28.1 Å². The van der Waals surface area contributed by atoms with Gasteiger partial charge in [-0.1, -0.05) is 32.0 Å². The Labute approximate surface area is 153 Å². The zero-order valence-corrected chi connectivity index (χ0v) is 15.9. The Bertz CT molecular complexity index is 878. The van der Waals surface area contributed by atoms with E-state index in [1.165, 1.54) is 4.88 Å². The predicted molar refractivity (Wildman–Crippen MR) is 106 cm³/mol. The summed E-state index contributed by atoms with van der Waals surface area (Å²) in [6.07, 6.45) is 1.93. The molecule has 3 rings (SSSR count). The number of benzene rings is 1. The number of hydrogen-bond donors (Lipinski definition) is 0. The molecule has 0 aliphatic carbocycles. The third kappa shape index (κ3) is 3.74. The van der Waals surface area contributed by atoms with Crippen molar-refractivity contribution in [3.05, 3.63) is 52.9 Å². The molecule has 0 unspecified atom stereocenters. The zero-order chi connectivity index (χ0) is 17.8. The van der Waals surface area contributed by atoms with Crippen molar-refractivity contribution in [2.24, 2.45) is 0 Å². The van der Waals surface area contributed by atoms with Gasteiger partial charge in [-0.2, -0.15) is 0 Å². The van der Waals surface area contributed by atoms with Crippen molar-refractivity contribution in [3.63, 3.8) is 0 Å². The van der Waals surface area contributed by atoms with E-state index in [1.807, 2.05) is 35.2 Å². The Hall–Kier alpha value is -2.20. The van der Waals surface area contributed by atoms with Crippen molar-refractivity contribution in [2.75, 3.05) is 13.1 Å². The third-order valence-corrected chi connectivity index (χ3v) is 5.24. The van der Waals surface area contributed by atoms with E-state index in [-0.39, 0.29) is 5.91 Å². The summed E-state index contributed by atoms with van der Waals surface area (Å²) in [5.74, 6) is 0.108. The molecule has 4 heteroatoms. The number of amides is 1. The molecule has 0 aliphatic rings. The van der Waals surface area contributed by atoms with Gasteiger partial charge >= 0.3 is 0 Å². The first-order valence-electron chi connectivity index (χ1n) is 8.90. The molecule has 25 heavy (non-hydrogen) atoms. The number of thiophene rings is 1. The first kappa shape index (κ1) is 17.6. The fourth-order valence-corrected chi connectivity index (χ4v) is 3.90. The number of carbonyl (C=O) groups is 1. The lowest BCUT2D eigenvalue weighted by Gasteiger charge is -2.22. The summed E-state index contributed by atoms with van der Waals surface area (Å²) in [7, 11) is 0. The second kappa shape index (κ2) is 7.79. The van der Waals surface area contributed by atoms with Gasteiger partial charge in [-0.15, -0.1) is 11.3 Å². The van der Waals surface area contributed by atoms with Crippen molar-refractivity contribution in [1.82, 2.24) is 9.88 Å². The summed E-state index contributed by atoms with van der Waals surface area (Å²) in [6, 6.07) is 14.1. The van der Waals surface area contributed by atoms with Gasteiger partial charge in [-0.05, 0) is 44.0 Å². The maximum atomic E-state index is 13.2. The molecule has 1 aromatic carbocycles. The van der Waals surface area contributed by atoms with E-state index in [0.29, 0.717) is 0 Å². The number of aromatic nitrogens is 1. The molecule has 0 bridgehead atoms. The van der Waals surface area contributed by atoms with Crippen molar-refractivity contribution in [1.29, 1.82) is 0 Å². The van der Waals surface area contributed by atoms with Crippen LogP contribution in [-0.2, 0) is 0 Å². The monoisotopic (exact) mass is 352 g/mol. The first-order chi connectivity index (χ1) is 12.1. The highest BCUT2D eigenvalue weighted by molar-refractivity contribution is 7.15. The van der Waals surface area contributed by atoms with Crippen LogP contribution in [0.2, 0.25) is 0 Å². The fourth-order valence-electron chi connectivity index (χ4n) is 3.08. The van der Waals surface area contributed by atoms with Gasteiger partial charge in [-0.3, -0.25) is 4.79 Å². The number of nitrogens with zero attached hydrogens (tertiary/aromatic N) is 2. The van der Waals surface area contributed by atoms with Crippen LogP contribution >= 0.6 is 11.3 Å². The Morgan fingerprint density at radius 2 is 1.80 bits per heavy atom. The van der Waals surface area contributed by atoms with Crippen LogP contribution in [0.15, 0.2) is 42.5 Å². The van der Waals surface area contributed by atoms with Crippen LogP contribution in [0.4, 0.5) is 0 Å². The van der Waals surface area contributed by atoms with E-state index in [4.69, 9.17) is 4.98 Å². The predicted octanol–water partition coefficient (Wildman–Crippen LogP) is 5.53. The van der Waals surface area contributed by atoms with Gasteiger partial charge in [0.1, 0.15) is 0 Å². The largest absolute Gasteiger partial charge is 0.339 e. The number of rotatable bonds is 6. The SMILES string of the molecule is CCCN(CCC)C(=O)c1cc(-c2ccc(C)s2)nc2ccccc12. The molecule has 1 amide bonds. The molecule has 3 aromatic rings. The van der Waals surface area contributed by atoms with Crippen LogP contribution in [0.5, 0.6) is 0 Å². The van der Waals surface area contributed by atoms with E-state index in [1.54, 1.807) is 11.3 Å². The first-order valence-corrected chi connectivity index (χ1v) is 9.71. The Kier molecular flexibility index (Phi) is 5.49. The molecule has 0 atom stereocenters. The maximum Gasteiger partial charge on any atom is 0.254 e. The minimum absolute atomic E-state index is 0.108. The summed E-state index contributed by atoms with van der Waals surface area (Å²) in [5.41, 5.74) is 2.52. The van der Waals surface area contributed by atoms with Crippen LogP contribution in [0.3, 0.4) is 0 Å². The fraction of sp³-hybridized carbons (Fsp3) is 0.333. The van der Waals surface area contributed by atoms with Gasteiger partial charge in [-0.25, -0.2) is 4.98 Å². The van der Waals surface area contributed by atoms with Crippen molar-refractivity contribution in [3.8, 4) is 10.6 Å². The number of fused-ring (bicyclic) bond motifs is 1. The minimum Gasteiger partial charge on any atom is -0.339 e. The quantitative estimate of drug-likeness (QED) is 0.584. The molecular weight excluding hydrogens is 328 g/mol. The van der Waals surface area contributed by atoms with E-state index >= 15 is 0 Å². The lowest BCUT2D eigenvalue weighted by Crippen LogP contribution is -2.32. The molecule has 0 saturated carbocycles. The second-order valence-electron chi connectivity index (χ2n) is 6.27. The highest BCUT2D eigenvalue weighted by Crippen LogP contribution is 2.30. The number of para-hydroxylation sites is 1. The molecule has 0 aliphatic heterocycles. The summed E-state index contributed by atoms with van der Waals surface area (Å²) >= 11 is 1.71. The summed E-state index contributed by atoms with van der Waals surface area (Å²) < 4.78 is 0. The average molecular weight is 353 g/mol. The lowest BCUT2D eigenvalue weighted by molar-refractivity contribution is 0.0757. The van der Waals surface area contributed by atoms with Gasteiger partial charge in [0.15, 0.2) is 0 Å². The van der Waals surface area contributed by atoms with E-state index in [0.717, 1.165) is 53.0 Å². The molecule has 0 saturated heterocycles. The number of carbonyl (C=O) groups excluding carboxylic acids is 1. The smallest absolute Gasteiger partial charge is 0.254 e. The van der Waals surface area contributed by atoms with Crippen LogP contribution in [0.25, 0.3) is 21.5 Å². The molecule has 0 N–H and O–H groups in total. The van der Waals surface area contributed by atoms with Gasteiger partial charge in [0.05, 0.1) is 21.7 Å². The molecule has 0 spiro atoms. The molecule has 2 aromatic heterocycles. The van der Waals surface area contributed by atoms with E-state index in [9.17, 15) is 4.79 Å². The Balaban J connectivity index is 2.13. The molecule has 3 nitrogen and oxygen atoms in total. The summed E-state index contributed by atoms with van der Waals surface area (Å²) in [4.78, 5) is 22.3. The zero-order valence-electron chi connectivity index (χ0n) is 15.1. The Morgan fingerprint density at radius 3 is 2.44 bits per heavy atom. The lowest BCUT2D eigenvalue weighted by atomic mass is 10.1. The molecule has 0 radical (unpaired) electrons. The van der Waals surface area contributed by atoms with Gasteiger partial charge in [0.2, 0.25) is 0 Å². The average Bonchev–Trinajstić information content (AvgIpc) is 3.06. The molecular formula is C21H24N2OS. The second-order valence-corrected chi connectivity index (χ2v) is 7.56. The van der Waals surface area contributed by atoms with Gasteiger partial charge in [0, 0.05) is 23.4 Å². The van der Waals surface area contributed by atoms with E-state index in [2.05, 4.69) is 32.9 Å². The van der Waals surface area contributed by atoms with Gasteiger partial charge in [0.25, 0.3) is 5.91 Å². The highest BCUT2D eigenvalue weighted by Gasteiger charge is 2.19. The van der Waals surface area contributed by atoms with Gasteiger partial charge < -0.3 is 4.90 Å². The molecule has 2 heterocycles. The van der Waals surface area contributed by atoms with Crippen molar-refractivity contribution < 1.29 is 4.79 Å². The van der Waals surface area contributed by atoms with E-state index < -0.39 is 0 Å². The van der Waals surface area contributed by atoms with Crippen molar-refractivity contribution in [2.45, 2.75) is 33.6 Å². The highest BCUT2D eigenvalue weighted by atomic mass is 32.1. The minimum atomic E-state index is 0.108. The summed E-state index contributed by atoms with van der Waals surface area (Å²) in [5, 5.41) is 0.932. The standard InChI is InChI=1S/C21H24N2OS/c1-4-12-23(13-5-2)21(24)17-14-19(20-11-10-15(3)25-20)22-18-9-7-6-8-16(17)18/h6-11,14H,4-5,12-13H2,1-3H3. The molecule has 130 valence electrons. The van der Waals surface area contributed by atoms with Crippen LogP contribution in [0.1, 0.15) is 41.9 Å². The normalized spacial score (nSPS) is 11.0. The Morgan fingerprint density at radius 1 is 1.08 bits per heavy atom. The van der Waals surface area contributed by atoms with Crippen LogP contribution in [0, 0.1) is 6.92 Å². The number of hydrogen-bond acceptors (Lipinski definition) is 3. The van der Waals surface area contributed by atoms with Crippen LogP contribution < -0.4 is 0 Å². The third-order valence-electron chi connectivity index (χ3n) is 4.21. The number of pyridine rings is 1. The maximum absolute atomic E-state index is 13.2. The topological polar surface area (TPSA) is 33.2 Å².